The molecular formula is C21H23N3O5. The van der Waals surface area contributed by atoms with Crippen molar-refractivity contribution in [2.24, 2.45) is 0 Å². The summed E-state index contributed by atoms with van der Waals surface area (Å²) in [6, 6.07) is 8.26. The fraction of sp³-hybridized carbons (Fsp3) is 0.381. The van der Waals surface area contributed by atoms with E-state index >= 15 is 0 Å². The monoisotopic (exact) mass is 397 g/mol. The predicted octanol–water partition coefficient (Wildman–Crippen LogP) is 1.55. The minimum atomic E-state index is -0.359. The lowest BCUT2D eigenvalue weighted by Gasteiger charge is -2.36. The number of rotatable bonds is 6. The number of benzene rings is 1. The Bertz CT molecular complexity index is 924. The molecule has 2 fully saturated rings. The minimum Gasteiger partial charge on any atom is -0.496 e. The molecule has 2 aromatic rings. The van der Waals surface area contributed by atoms with Gasteiger partial charge in [-0.05, 0) is 43.2 Å². The number of carbonyl (C=O) groups excluding carboxylic acids is 3. The molecule has 1 aromatic heterocycles. The van der Waals surface area contributed by atoms with Gasteiger partial charge in [0.1, 0.15) is 24.1 Å². The van der Waals surface area contributed by atoms with Crippen LogP contribution in [0.1, 0.15) is 34.5 Å². The average Bonchev–Trinajstić information content (AvgIpc) is 3.42. The predicted molar refractivity (Wildman–Crippen MR) is 103 cm³/mol. The van der Waals surface area contributed by atoms with Crippen molar-refractivity contribution < 1.29 is 23.5 Å². The summed E-state index contributed by atoms with van der Waals surface area (Å²) in [6.45, 7) is 1.20. The van der Waals surface area contributed by atoms with E-state index in [9.17, 15) is 14.4 Å². The molecule has 8 heteroatoms. The van der Waals surface area contributed by atoms with Gasteiger partial charge in [-0.2, -0.15) is 0 Å². The number of carbonyl (C=O) groups is 3. The molecular weight excluding hydrogens is 374 g/mol. The summed E-state index contributed by atoms with van der Waals surface area (Å²) in [5, 5.41) is 2.80. The molecule has 152 valence electrons. The van der Waals surface area contributed by atoms with E-state index in [1.165, 1.54) is 7.11 Å². The van der Waals surface area contributed by atoms with Crippen molar-refractivity contribution in [1.82, 2.24) is 15.1 Å². The van der Waals surface area contributed by atoms with E-state index in [1.54, 1.807) is 46.4 Å². The van der Waals surface area contributed by atoms with Crippen LogP contribution in [-0.2, 0) is 22.7 Å². The van der Waals surface area contributed by atoms with Gasteiger partial charge < -0.3 is 24.3 Å². The largest absolute Gasteiger partial charge is 0.496 e. The number of hydrogen-bond acceptors (Lipinski definition) is 5. The number of piperazine rings is 1. The van der Waals surface area contributed by atoms with E-state index < -0.39 is 0 Å². The van der Waals surface area contributed by atoms with Crippen LogP contribution in [0.3, 0.4) is 0 Å². The van der Waals surface area contributed by atoms with Crippen molar-refractivity contribution in [2.75, 3.05) is 20.2 Å². The van der Waals surface area contributed by atoms with Crippen molar-refractivity contribution in [3.8, 4) is 5.75 Å². The molecule has 0 spiro atoms. The Labute approximate surface area is 168 Å². The summed E-state index contributed by atoms with van der Waals surface area (Å²) in [6.07, 6.45) is 3.10. The molecule has 0 aliphatic carbocycles. The van der Waals surface area contributed by atoms with Crippen LogP contribution < -0.4 is 10.1 Å². The van der Waals surface area contributed by atoms with Crippen LogP contribution in [0.2, 0.25) is 0 Å². The summed E-state index contributed by atoms with van der Waals surface area (Å²) in [4.78, 5) is 40.9. The molecule has 1 aromatic carbocycles. The topological polar surface area (TPSA) is 92.1 Å². The van der Waals surface area contributed by atoms with Gasteiger partial charge >= 0.3 is 0 Å². The van der Waals surface area contributed by atoms with Crippen molar-refractivity contribution in [2.45, 2.75) is 32.0 Å². The molecule has 29 heavy (non-hydrogen) atoms. The molecule has 0 saturated carbocycles. The van der Waals surface area contributed by atoms with E-state index in [0.29, 0.717) is 35.6 Å². The number of fused-ring (bicyclic) bond motifs is 1. The molecule has 3 heterocycles. The van der Waals surface area contributed by atoms with E-state index in [1.807, 2.05) is 0 Å². The summed E-state index contributed by atoms with van der Waals surface area (Å²) in [7, 11) is 1.54. The first kappa shape index (κ1) is 19.0. The number of amides is 3. The zero-order valence-corrected chi connectivity index (χ0v) is 16.2. The highest BCUT2D eigenvalue weighted by atomic mass is 16.5. The fourth-order valence-electron chi connectivity index (χ4n) is 3.93. The molecule has 4 rings (SSSR count). The van der Waals surface area contributed by atoms with Crippen LogP contribution in [0.25, 0.3) is 0 Å². The number of nitrogens with one attached hydrogen (secondary N) is 1. The number of furan rings is 1. The van der Waals surface area contributed by atoms with E-state index in [0.717, 1.165) is 6.42 Å². The van der Waals surface area contributed by atoms with Gasteiger partial charge in [0, 0.05) is 24.2 Å². The molecule has 1 atom stereocenters. The molecule has 3 amide bonds. The van der Waals surface area contributed by atoms with Crippen LogP contribution in [-0.4, -0.2) is 53.8 Å². The molecule has 1 N–H and O–H groups in total. The average molecular weight is 397 g/mol. The summed E-state index contributed by atoms with van der Waals surface area (Å²) < 4.78 is 10.6. The zero-order valence-electron chi connectivity index (χ0n) is 16.2. The molecule has 2 aliphatic heterocycles. The molecule has 2 aliphatic rings. The van der Waals surface area contributed by atoms with E-state index in [2.05, 4.69) is 5.32 Å². The maximum absolute atomic E-state index is 12.8. The lowest BCUT2D eigenvalue weighted by atomic mass is 10.1. The maximum atomic E-state index is 12.8. The molecule has 0 bridgehead atoms. The normalized spacial score (nSPS) is 18.7. The van der Waals surface area contributed by atoms with Crippen molar-refractivity contribution >= 4 is 17.7 Å². The highest BCUT2D eigenvalue weighted by Gasteiger charge is 2.41. The second-order valence-corrected chi connectivity index (χ2v) is 7.23. The summed E-state index contributed by atoms with van der Waals surface area (Å²) in [5.41, 5.74) is 1.14. The quantitative estimate of drug-likeness (QED) is 0.799. The Morgan fingerprint density at radius 3 is 2.93 bits per heavy atom. The van der Waals surface area contributed by atoms with Gasteiger partial charge in [0.2, 0.25) is 11.8 Å². The van der Waals surface area contributed by atoms with Crippen molar-refractivity contribution in [3.63, 3.8) is 0 Å². The summed E-state index contributed by atoms with van der Waals surface area (Å²) >= 11 is 0. The number of nitrogens with zero attached hydrogens (tertiary/aromatic N) is 2. The van der Waals surface area contributed by atoms with Crippen LogP contribution >= 0.6 is 0 Å². The number of hydrogen-bond donors (Lipinski definition) is 1. The van der Waals surface area contributed by atoms with Gasteiger partial charge in [-0.25, -0.2) is 0 Å². The van der Waals surface area contributed by atoms with Gasteiger partial charge in [0.05, 0.1) is 19.9 Å². The van der Waals surface area contributed by atoms with Gasteiger partial charge in [-0.1, -0.05) is 0 Å². The van der Waals surface area contributed by atoms with Crippen molar-refractivity contribution in [3.05, 3.63) is 53.5 Å². The van der Waals surface area contributed by atoms with E-state index in [-0.39, 0.29) is 43.4 Å². The molecule has 8 nitrogen and oxygen atoms in total. The van der Waals surface area contributed by atoms with Crippen LogP contribution in [0, 0.1) is 0 Å². The Balaban J connectivity index is 1.50. The van der Waals surface area contributed by atoms with Gasteiger partial charge in [0.25, 0.3) is 5.91 Å². The van der Waals surface area contributed by atoms with Gasteiger partial charge in [-0.3, -0.25) is 14.4 Å². The second-order valence-electron chi connectivity index (χ2n) is 7.23. The van der Waals surface area contributed by atoms with Crippen molar-refractivity contribution in [1.29, 1.82) is 0 Å². The van der Waals surface area contributed by atoms with E-state index in [4.69, 9.17) is 9.15 Å². The van der Waals surface area contributed by atoms with Gasteiger partial charge in [-0.15, -0.1) is 0 Å². The third-order valence-electron chi connectivity index (χ3n) is 5.40. The number of methoxy groups -OCH3 is 1. The van der Waals surface area contributed by atoms with Crippen LogP contribution in [0.15, 0.2) is 41.0 Å². The highest BCUT2D eigenvalue weighted by molar-refractivity contribution is 5.96. The first-order chi connectivity index (χ1) is 14.1. The summed E-state index contributed by atoms with van der Waals surface area (Å²) in [5.74, 6) is 0.899. The third-order valence-corrected chi connectivity index (χ3v) is 5.40. The molecule has 1 unspecified atom stereocenters. The third kappa shape index (κ3) is 3.83. The SMILES string of the molecule is COc1ccc(C(=O)NCc2ccco2)cc1CN1CC(=O)N2CCCC2C1=O. The number of ether oxygens (including phenoxy) is 1. The fourth-order valence-corrected chi connectivity index (χ4v) is 3.93. The highest BCUT2D eigenvalue weighted by Crippen LogP contribution is 2.27. The first-order valence-electron chi connectivity index (χ1n) is 9.62. The zero-order chi connectivity index (χ0) is 20.4. The molecule has 2 saturated heterocycles. The maximum Gasteiger partial charge on any atom is 0.251 e. The Morgan fingerprint density at radius 2 is 2.17 bits per heavy atom. The van der Waals surface area contributed by atoms with Crippen LogP contribution in [0.4, 0.5) is 0 Å². The minimum absolute atomic E-state index is 0.0292. The lowest BCUT2D eigenvalue weighted by Crippen LogP contribution is -2.56. The smallest absolute Gasteiger partial charge is 0.251 e. The second kappa shape index (κ2) is 7.98. The Morgan fingerprint density at radius 1 is 1.31 bits per heavy atom. The molecule has 0 radical (unpaired) electrons. The van der Waals surface area contributed by atoms with Crippen LogP contribution in [0.5, 0.6) is 5.75 Å². The lowest BCUT2D eigenvalue weighted by molar-refractivity contribution is -0.154. The van der Waals surface area contributed by atoms with Gasteiger partial charge in [0.15, 0.2) is 0 Å². The Kier molecular flexibility index (Phi) is 5.24. The Hall–Kier alpha value is -3.29. The standard InChI is InChI=1S/C21H23N3O5/c1-28-18-7-6-14(20(26)22-11-16-4-3-9-29-16)10-15(18)12-23-13-19(25)24-8-2-5-17(24)21(23)27/h3-4,6-7,9-10,17H,2,5,8,11-13H2,1H3,(H,22,26). The first-order valence-corrected chi connectivity index (χ1v) is 9.62.